The second kappa shape index (κ2) is 8.05. The van der Waals surface area contributed by atoms with Gasteiger partial charge >= 0.3 is 0 Å². The van der Waals surface area contributed by atoms with E-state index in [1.165, 1.54) is 38.5 Å². The smallest absolute Gasteiger partial charge is 0.199 e. The maximum atomic E-state index is 13.4. The highest BCUT2D eigenvalue weighted by Gasteiger charge is 2.57. The Bertz CT molecular complexity index is 414. The summed E-state index contributed by atoms with van der Waals surface area (Å²) in [6.07, 6.45) is 11.6. The van der Waals surface area contributed by atoms with E-state index < -0.39 is 11.4 Å². The zero-order valence-corrected chi connectivity index (χ0v) is 21.4. The second-order valence-electron chi connectivity index (χ2n) is 6.30. The summed E-state index contributed by atoms with van der Waals surface area (Å²) in [4.78, 5) is 0. The summed E-state index contributed by atoms with van der Waals surface area (Å²) in [6, 6.07) is 0. The molecule has 0 heterocycles. The van der Waals surface area contributed by atoms with Crippen molar-refractivity contribution in [3.63, 3.8) is 0 Å². The quantitative estimate of drug-likeness (QED) is 0.239. The van der Waals surface area contributed by atoms with Gasteiger partial charge in [-0.05, 0) is 128 Å². The van der Waals surface area contributed by atoms with Crippen LogP contribution in [-0.2, 0) is 9.84 Å². The van der Waals surface area contributed by atoms with Crippen LogP contribution in [0.1, 0.15) is 64.2 Å². The second-order valence-corrected chi connectivity index (χ2v) is 22.5. The van der Waals surface area contributed by atoms with Crippen molar-refractivity contribution in [3.05, 3.63) is 0 Å². The van der Waals surface area contributed by atoms with Crippen LogP contribution in [0.25, 0.3) is 0 Å². The maximum Gasteiger partial charge on any atom is 0.199 e. The molecule has 0 aromatic carbocycles. The third kappa shape index (κ3) is 4.17. The van der Waals surface area contributed by atoms with Crippen LogP contribution in [0.3, 0.4) is 0 Å². The monoisotopic (exact) mass is 762 g/mol. The molecule has 7 heteroatoms. The fraction of sp³-hybridized carbons (Fsp3) is 1.00. The van der Waals surface area contributed by atoms with Crippen LogP contribution < -0.4 is 0 Å². The minimum Gasteiger partial charge on any atom is -0.224 e. The molecular weight excluding hydrogens is 740 g/mol. The van der Waals surface area contributed by atoms with E-state index in [1.54, 1.807) is 0 Å². The third-order valence-electron chi connectivity index (χ3n) is 4.88. The van der Waals surface area contributed by atoms with Crippen molar-refractivity contribution in [1.29, 1.82) is 0 Å². The average molecular weight is 762 g/mol. The van der Waals surface area contributed by atoms with Gasteiger partial charge < -0.3 is 0 Å². The van der Waals surface area contributed by atoms with Crippen LogP contribution in [-0.4, -0.2) is 9.94 Å². The van der Waals surface area contributed by atoms with E-state index in [-0.39, 0.29) is 0 Å². The molecule has 2 rings (SSSR count). The molecular formula is C14H22I4O2S. The molecule has 2 nitrogen and oxygen atoms in total. The van der Waals surface area contributed by atoms with E-state index >= 15 is 0 Å². The van der Waals surface area contributed by atoms with E-state index in [2.05, 4.69) is 90.4 Å². The molecule has 0 spiro atoms. The van der Waals surface area contributed by atoms with E-state index in [1.807, 2.05) is 0 Å². The zero-order valence-electron chi connectivity index (χ0n) is 12.0. The summed E-state index contributed by atoms with van der Waals surface area (Å²) in [5.41, 5.74) is 0. The Morgan fingerprint density at radius 1 is 0.619 bits per heavy atom. The topological polar surface area (TPSA) is 34.1 Å². The van der Waals surface area contributed by atoms with Crippen molar-refractivity contribution in [3.8, 4) is 0 Å². The SMILES string of the molecule is O=S(=O)(C(I)(I)C1CCCCC1)C(I)(I)C1CCCCC1. The largest absolute Gasteiger partial charge is 0.224 e. The molecule has 124 valence electrons. The molecule has 0 N–H and O–H groups in total. The van der Waals surface area contributed by atoms with Gasteiger partial charge in [0.25, 0.3) is 0 Å². The lowest BCUT2D eigenvalue weighted by Gasteiger charge is -2.41. The van der Waals surface area contributed by atoms with E-state index in [9.17, 15) is 8.42 Å². The van der Waals surface area contributed by atoms with Crippen LogP contribution in [0, 0.1) is 11.8 Å². The van der Waals surface area contributed by atoms with E-state index in [0.29, 0.717) is 11.8 Å². The number of hydrogen-bond acceptors (Lipinski definition) is 2. The predicted octanol–water partition coefficient (Wildman–Crippen LogP) is 6.61. The van der Waals surface area contributed by atoms with Gasteiger partial charge in [-0.2, -0.15) is 0 Å². The Morgan fingerprint density at radius 2 is 0.905 bits per heavy atom. The fourth-order valence-corrected chi connectivity index (χ4v) is 16.9. The molecule has 0 aliphatic heterocycles. The minimum absolute atomic E-state index is 0.310. The molecule has 0 radical (unpaired) electrons. The summed E-state index contributed by atoms with van der Waals surface area (Å²) >= 11 is 8.99. The first-order valence-corrected chi connectivity index (χ1v) is 13.5. The molecule has 2 aliphatic rings. The van der Waals surface area contributed by atoms with Crippen LogP contribution in [0.5, 0.6) is 0 Å². The molecule has 2 saturated carbocycles. The number of halogens is 4. The molecule has 0 amide bonds. The molecule has 0 unspecified atom stereocenters. The Hall–Kier alpha value is 2.87. The van der Waals surface area contributed by atoms with E-state index in [0.717, 1.165) is 25.7 Å². The normalized spacial score (nSPS) is 24.2. The molecule has 0 aromatic heterocycles. The molecule has 0 saturated heterocycles. The lowest BCUT2D eigenvalue weighted by Crippen LogP contribution is -2.47. The van der Waals surface area contributed by atoms with Gasteiger partial charge in [-0.1, -0.05) is 38.5 Å². The Balaban J connectivity index is 2.25. The molecule has 2 aliphatic carbocycles. The highest BCUT2D eigenvalue weighted by Crippen LogP contribution is 2.58. The molecule has 0 aromatic rings. The predicted molar refractivity (Wildman–Crippen MR) is 124 cm³/mol. The number of alkyl halides is 4. The number of rotatable bonds is 4. The van der Waals surface area contributed by atoms with Gasteiger partial charge in [0.05, 0.1) is 0 Å². The van der Waals surface area contributed by atoms with Crippen LogP contribution in [0.15, 0.2) is 0 Å². The number of sulfone groups is 1. The van der Waals surface area contributed by atoms with Crippen molar-refractivity contribution >= 4 is 100 Å². The van der Waals surface area contributed by atoms with Gasteiger partial charge in [0.2, 0.25) is 0 Å². The van der Waals surface area contributed by atoms with Gasteiger partial charge in [-0.3, -0.25) is 0 Å². The zero-order chi connectivity index (χ0) is 15.7. The highest BCUT2D eigenvalue weighted by atomic mass is 127. The summed E-state index contributed by atoms with van der Waals surface area (Å²) in [5.74, 6) is 0.620. The van der Waals surface area contributed by atoms with Gasteiger partial charge in [0.1, 0.15) is 0 Å². The summed E-state index contributed by atoms with van der Waals surface area (Å²) in [6.45, 7) is 0. The maximum absolute atomic E-state index is 13.4. The Morgan fingerprint density at radius 3 is 1.19 bits per heavy atom. The summed E-state index contributed by atoms with van der Waals surface area (Å²) in [7, 11) is -3.19. The molecule has 21 heavy (non-hydrogen) atoms. The lowest BCUT2D eigenvalue weighted by molar-refractivity contribution is 0.360. The lowest BCUT2D eigenvalue weighted by atomic mass is 9.90. The fourth-order valence-electron chi connectivity index (χ4n) is 3.50. The first-order chi connectivity index (χ1) is 9.71. The van der Waals surface area contributed by atoms with Crippen LogP contribution in [0.2, 0.25) is 0 Å². The van der Waals surface area contributed by atoms with Crippen LogP contribution in [0.4, 0.5) is 0 Å². The Kier molecular flexibility index (Phi) is 7.73. The molecule has 2 fully saturated rings. The first kappa shape index (κ1) is 20.2. The van der Waals surface area contributed by atoms with Gasteiger partial charge in [-0.15, -0.1) is 0 Å². The van der Waals surface area contributed by atoms with E-state index in [4.69, 9.17) is 0 Å². The third-order valence-corrected chi connectivity index (χ3v) is 17.5. The van der Waals surface area contributed by atoms with Crippen molar-refractivity contribution in [2.75, 3.05) is 0 Å². The van der Waals surface area contributed by atoms with Crippen molar-refractivity contribution in [2.45, 2.75) is 65.7 Å². The first-order valence-electron chi connectivity index (χ1n) is 7.71. The average Bonchev–Trinajstić information content (AvgIpc) is 2.48. The van der Waals surface area contributed by atoms with Gasteiger partial charge in [-0.25, -0.2) is 8.42 Å². The standard InChI is InChI=1S/C14H22I4O2S/c15-13(16,11-7-3-1-4-8-11)21(19,20)14(17,18)12-9-5-2-6-10-12/h11-12H,1-10H2. The van der Waals surface area contributed by atoms with Crippen molar-refractivity contribution in [1.82, 2.24) is 0 Å². The van der Waals surface area contributed by atoms with Gasteiger partial charge in [0, 0.05) is 0 Å². The molecule has 0 atom stereocenters. The van der Waals surface area contributed by atoms with Crippen molar-refractivity contribution < 1.29 is 8.42 Å². The van der Waals surface area contributed by atoms with Crippen molar-refractivity contribution in [2.24, 2.45) is 11.8 Å². The highest BCUT2D eigenvalue weighted by molar-refractivity contribution is 14.2. The Labute approximate surface area is 183 Å². The summed E-state index contributed by atoms with van der Waals surface area (Å²) in [5, 5.41) is 0. The minimum atomic E-state index is -3.19. The molecule has 0 bridgehead atoms. The van der Waals surface area contributed by atoms with Gasteiger partial charge in [0.15, 0.2) is 11.4 Å². The van der Waals surface area contributed by atoms with Crippen LogP contribution >= 0.6 is 90.4 Å². The number of hydrogen-bond donors (Lipinski definition) is 0. The summed E-state index contributed by atoms with van der Waals surface area (Å²) < 4.78 is 25.6.